The van der Waals surface area contributed by atoms with E-state index in [-0.39, 0.29) is 34.8 Å². The molecule has 2 saturated carbocycles. The molecule has 0 radical (unpaired) electrons. The zero-order valence-corrected chi connectivity index (χ0v) is 24.4. The maximum Gasteiger partial charge on any atom is 0.206 e. The van der Waals surface area contributed by atoms with E-state index in [1.807, 2.05) is 20.8 Å². The van der Waals surface area contributed by atoms with Gasteiger partial charge in [-0.3, -0.25) is 14.4 Å². The van der Waals surface area contributed by atoms with Crippen molar-refractivity contribution in [3.8, 4) is 17.6 Å². The zero-order chi connectivity index (χ0) is 29.4. The van der Waals surface area contributed by atoms with Crippen LogP contribution in [-0.4, -0.2) is 38.3 Å². The lowest BCUT2D eigenvalue weighted by Gasteiger charge is -2.60. The number of carbonyl (C=O) groups excluding carboxylic acids is 3. The predicted octanol–water partition coefficient (Wildman–Crippen LogP) is 5.63. The Morgan fingerprint density at radius 2 is 1.70 bits per heavy atom. The summed E-state index contributed by atoms with van der Waals surface area (Å²) < 4.78 is 0. The van der Waals surface area contributed by atoms with Gasteiger partial charge in [0.15, 0.2) is 11.4 Å². The van der Waals surface area contributed by atoms with Crippen molar-refractivity contribution in [2.45, 2.75) is 92.1 Å². The maximum absolute atomic E-state index is 14.4. The van der Waals surface area contributed by atoms with Crippen molar-refractivity contribution in [3.63, 3.8) is 0 Å². The lowest BCUT2D eigenvalue weighted by Crippen LogP contribution is -2.70. The minimum absolute atomic E-state index is 0.0639. The van der Waals surface area contributed by atoms with Crippen LogP contribution in [-0.2, 0) is 20.8 Å². The molecular weight excluding hydrogens is 504 g/mol. The van der Waals surface area contributed by atoms with Crippen LogP contribution in [0.1, 0.15) is 96.8 Å². The maximum atomic E-state index is 14.4. The summed E-state index contributed by atoms with van der Waals surface area (Å²) >= 11 is 0. The molecule has 1 aromatic rings. The molecule has 6 nitrogen and oxygen atoms in total. The molecule has 40 heavy (non-hydrogen) atoms. The number of fused-ring (bicyclic) bond motifs is 3. The third kappa shape index (κ3) is 3.77. The standard InChI is InChI=1S/C34H40O6/c1-18(2)27-19(3)25(20(4)35)30(38)34(40)31(39)28-29(37)26-23(16-32(28,5)17-33(27,34)6)22(14-15-24(26)36)13-12-21-10-8-7-9-11-21/h14-15,18,21,27,36-37,40H,7-11,16-17H2,1-6H3/t27-,32+,33+,34-/m1/s1. The molecule has 0 aliphatic heterocycles. The van der Waals surface area contributed by atoms with Crippen molar-refractivity contribution in [3.05, 3.63) is 45.5 Å². The Morgan fingerprint density at radius 3 is 2.30 bits per heavy atom. The molecule has 0 heterocycles. The van der Waals surface area contributed by atoms with Crippen LogP contribution >= 0.6 is 0 Å². The lowest BCUT2D eigenvalue weighted by molar-refractivity contribution is -0.180. The van der Waals surface area contributed by atoms with Gasteiger partial charge in [-0.25, -0.2) is 0 Å². The number of phenols is 1. The molecule has 1 aromatic carbocycles. The number of benzene rings is 1. The van der Waals surface area contributed by atoms with Crippen LogP contribution in [0.5, 0.6) is 5.75 Å². The predicted molar refractivity (Wildman–Crippen MR) is 152 cm³/mol. The molecule has 0 bridgehead atoms. The number of aromatic hydroxyl groups is 1. The quantitative estimate of drug-likeness (QED) is 0.253. The smallest absolute Gasteiger partial charge is 0.206 e. The average Bonchev–Trinajstić information content (AvgIpc) is 2.86. The molecule has 2 fully saturated rings. The number of ketones is 3. The van der Waals surface area contributed by atoms with Crippen molar-refractivity contribution >= 4 is 23.1 Å². The van der Waals surface area contributed by atoms with Crippen molar-refractivity contribution < 1.29 is 29.7 Å². The minimum Gasteiger partial charge on any atom is -0.507 e. The summed E-state index contributed by atoms with van der Waals surface area (Å²) in [4.78, 5) is 40.9. The highest BCUT2D eigenvalue weighted by atomic mass is 16.3. The minimum atomic E-state index is -2.52. The summed E-state index contributed by atoms with van der Waals surface area (Å²) in [5.41, 5.74) is -2.76. The van der Waals surface area contributed by atoms with Gasteiger partial charge in [0.25, 0.3) is 0 Å². The van der Waals surface area contributed by atoms with E-state index in [1.54, 1.807) is 19.9 Å². The third-order valence-corrected chi connectivity index (χ3v) is 10.2. The van der Waals surface area contributed by atoms with Crippen molar-refractivity contribution in [2.75, 3.05) is 0 Å². The third-order valence-electron chi connectivity index (χ3n) is 10.2. The molecule has 0 spiro atoms. The number of hydrogen-bond acceptors (Lipinski definition) is 6. The van der Waals surface area contributed by atoms with E-state index in [2.05, 4.69) is 11.8 Å². The highest BCUT2D eigenvalue weighted by molar-refractivity contribution is 6.33. The Morgan fingerprint density at radius 1 is 1.05 bits per heavy atom. The molecule has 0 amide bonds. The van der Waals surface area contributed by atoms with Crippen molar-refractivity contribution in [1.82, 2.24) is 0 Å². The number of rotatable bonds is 2. The fourth-order valence-corrected chi connectivity index (χ4v) is 8.79. The van der Waals surface area contributed by atoms with Gasteiger partial charge in [0, 0.05) is 27.9 Å². The molecule has 4 aliphatic rings. The lowest BCUT2D eigenvalue weighted by atomic mass is 9.42. The van der Waals surface area contributed by atoms with E-state index in [0.29, 0.717) is 29.0 Å². The van der Waals surface area contributed by atoms with Gasteiger partial charge in [-0.05, 0) is 69.1 Å². The summed E-state index contributed by atoms with van der Waals surface area (Å²) in [5.74, 6) is 3.66. The van der Waals surface area contributed by atoms with Crippen molar-refractivity contribution in [1.29, 1.82) is 0 Å². The van der Waals surface area contributed by atoms with Crippen LogP contribution in [0, 0.1) is 40.4 Å². The summed E-state index contributed by atoms with van der Waals surface area (Å²) in [5, 5.41) is 34.7. The first kappa shape index (κ1) is 28.4. The Kier molecular flexibility index (Phi) is 6.70. The van der Waals surface area contributed by atoms with Gasteiger partial charge in [-0.2, -0.15) is 0 Å². The van der Waals surface area contributed by atoms with Crippen LogP contribution in [0.25, 0.3) is 5.76 Å². The van der Waals surface area contributed by atoms with Crippen LogP contribution < -0.4 is 0 Å². The second kappa shape index (κ2) is 9.45. The second-order valence-corrected chi connectivity index (χ2v) is 13.3. The molecular formula is C34H40O6. The van der Waals surface area contributed by atoms with Gasteiger partial charge < -0.3 is 15.3 Å². The van der Waals surface area contributed by atoms with Gasteiger partial charge in [0.2, 0.25) is 11.6 Å². The molecule has 0 saturated heterocycles. The van der Waals surface area contributed by atoms with Gasteiger partial charge in [0.1, 0.15) is 11.5 Å². The van der Waals surface area contributed by atoms with Crippen molar-refractivity contribution in [2.24, 2.45) is 28.6 Å². The molecule has 212 valence electrons. The van der Waals surface area contributed by atoms with E-state index >= 15 is 0 Å². The zero-order valence-electron chi connectivity index (χ0n) is 24.4. The van der Waals surface area contributed by atoms with Gasteiger partial charge in [-0.1, -0.05) is 64.4 Å². The highest BCUT2D eigenvalue weighted by Gasteiger charge is 2.72. The summed E-state index contributed by atoms with van der Waals surface area (Å²) in [6, 6.07) is 3.23. The number of allylic oxidation sites excluding steroid dienone is 1. The normalized spacial score (nSPS) is 32.4. The molecule has 6 heteroatoms. The number of aliphatic hydroxyl groups excluding tert-OH is 1. The largest absolute Gasteiger partial charge is 0.507 e. The Balaban J connectivity index is 1.72. The first-order chi connectivity index (χ1) is 18.7. The molecule has 4 aliphatic carbocycles. The van der Waals surface area contributed by atoms with Gasteiger partial charge in [0.05, 0.1) is 11.1 Å². The highest BCUT2D eigenvalue weighted by Crippen LogP contribution is 2.65. The van der Waals surface area contributed by atoms with Gasteiger partial charge in [-0.15, -0.1) is 0 Å². The molecule has 0 aromatic heterocycles. The van der Waals surface area contributed by atoms with Crippen LogP contribution in [0.2, 0.25) is 0 Å². The SMILES string of the molecule is CC(=O)C1=C(C)[C@@H](C(C)C)[C@]2(C)C[C@]3(C)Cc4c(C#CC5CCCCC5)ccc(O)c4C(O)=C3C(=O)[C@]2(O)C1=O. The van der Waals surface area contributed by atoms with Crippen LogP contribution in [0.3, 0.4) is 0 Å². The van der Waals surface area contributed by atoms with E-state index in [9.17, 15) is 29.7 Å². The fraction of sp³-hybridized carbons (Fsp3) is 0.559. The first-order valence-corrected chi connectivity index (χ1v) is 14.5. The van der Waals surface area contributed by atoms with Crippen LogP contribution in [0.4, 0.5) is 0 Å². The Labute approximate surface area is 236 Å². The summed E-state index contributed by atoms with van der Waals surface area (Å²) in [7, 11) is 0. The summed E-state index contributed by atoms with van der Waals surface area (Å²) in [6.07, 6.45) is 6.21. The number of phenolic OH excluding ortho intramolecular Hbond substituents is 1. The number of Topliss-reactive ketones (excluding diaryl/α,β-unsaturated/α-hetero) is 3. The number of hydrogen-bond donors (Lipinski definition) is 3. The number of carbonyl (C=O) groups is 3. The summed E-state index contributed by atoms with van der Waals surface area (Å²) in [6.45, 7) is 10.6. The molecule has 5 rings (SSSR count). The molecule has 3 N–H and O–H groups in total. The Bertz CT molecular complexity index is 1460. The van der Waals surface area contributed by atoms with Gasteiger partial charge >= 0.3 is 0 Å². The number of aliphatic hydroxyl groups is 2. The molecule has 4 atom stereocenters. The monoisotopic (exact) mass is 544 g/mol. The average molecular weight is 545 g/mol. The second-order valence-electron chi connectivity index (χ2n) is 13.3. The Hall–Kier alpha value is -3.17. The molecule has 0 unspecified atom stereocenters. The van der Waals surface area contributed by atoms with E-state index in [4.69, 9.17) is 0 Å². The topological polar surface area (TPSA) is 112 Å². The van der Waals surface area contributed by atoms with Crippen LogP contribution in [0.15, 0.2) is 28.9 Å². The van der Waals surface area contributed by atoms with E-state index < -0.39 is 45.5 Å². The van der Waals surface area contributed by atoms with E-state index in [1.165, 1.54) is 19.4 Å². The van der Waals surface area contributed by atoms with E-state index in [0.717, 1.165) is 25.7 Å². The first-order valence-electron chi connectivity index (χ1n) is 14.5. The fourth-order valence-electron chi connectivity index (χ4n) is 8.79.